The van der Waals surface area contributed by atoms with Gasteiger partial charge < -0.3 is 82.2 Å². The van der Waals surface area contributed by atoms with E-state index >= 15 is 0 Å². The normalized spacial score (nSPS) is 22.0. The minimum absolute atomic E-state index is 0. The molecule has 0 aromatic heterocycles. The van der Waals surface area contributed by atoms with Crippen LogP contribution in [0, 0.1) is 56.0 Å². The number of nitrogens with one attached hydrogen (secondary N) is 7. The molecule has 0 aliphatic carbocycles. The summed E-state index contributed by atoms with van der Waals surface area (Å²) in [5, 5.41) is 37.6. The number of phenols is 1. The molecule has 28 heteroatoms. The first-order valence-electron chi connectivity index (χ1n) is 22.6. The SMILES string of the molecule is [CH2-][C@H](O)CN(CC(=O)N[C@@H](CC(C)(C)C)C(=O)NCC(N)=O)C(=O)[C@@H]1CSSC[C@H](N)C(=O)N[C@@H](Cc2ccc(O)cc2)C(=O)N[C@@H]([C@@H](C)CC)C(=O)N[C@@H](CCC(N)=O)C(=O)N[C@@H](CC(N)=O)C(=O)N1.[Ho]. The molecule has 25 nitrogen and oxygen atoms in total. The van der Waals surface area contributed by atoms with Gasteiger partial charge in [0.1, 0.15) is 42.0 Å². The van der Waals surface area contributed by atoms with Crippen molar-refractivity contribution in [3.63, 3.8) is 0 Å². The van der Waals surface area contributed by atoms with Gasteiger partial charge in [-0.2, -0.15) is 0 Å². The average molecular weight is 1200 g/mol. The molecule has 1 aromatic carbocycles. The van der Waals surface area contributed by atoms with Crippen molar-refractivity contribution in [3.8, 4) is 5.75 Å². The van der Waals surface area contributed by atoms with Gasteiger partial charge in [0.15, 0.2) is 0 Å². The Hall–Kier alpha value is -4.93. The zero-order valence-corrected chi connectivity index (χ0v) is 44.3. The van der Waals surface area contributed by atoms with E-state index in [2.05, 4.69) is 44.1 Å². The van der Waals surface area contributed by atoms with E-state index in [1.807, 2.05) is 0 Å². The van der Waals surface area contributed by atoms with Gasteiger partial charge >= 0.3 is 0 Å². The summed E-state index contributed by atoms with van der Waals surface area (Å²) in [7, 11) is 1.88. The number of amides is 11. The summed E-state index contributed by atoms with van der Waals surface area (Å²) < 4.78 is 0. The molecular formula is C44H69HoN12O13S2-. The number of hydrogen-bond acceptors (Lipinski definition) is 16. The molecule has 1 saturated heterocycles. The fourth-order valence-corrected chi connectivity index (χ4v) is 9.09. The number of aromatic hydroxyl groups is 1. The molecule has 72 heavy (non-hydrogen) atoms. The van der Waals surface area contributed by atoms with Crippen LogP contribution in [-0.4, -0.2) is 160 Å². The Bertz CT molecular complexity index is 2080. The molecule has 1 heterocycles. The van der Waals surface area contributed by atoms with Crippen LogP contribution in [0.3, 0.4) is 0 Å². The number of nitrogens with zero attached hydrogens (tertiary/aromatic N) is 1. The first kappa shape index (κ1) is 65.1. The van der Waals surface area contributed by atoms with Gasteiger partial charge in [0.25, 0.3) is 0 Å². The van der Waals surface area contributed by atoms with Crippen molar-refractivity contribution in [1.82, 2.24) is 42.1 Å². The second-order valence-corrected chi connectivity index (χ2v) is 20.8. The molecule has 1 aromatic rings. The van der Waals surface area contributed by atoms with Crippen LogP contribution in [-0.2, 0) is 59.2 Å². The summed E-state index contributed by atoms with van der Waals surface area (Å²) in [5.41, 5.74) is 22.3. The zero-order chi connectivity index (χ0) is 53.7. The van der Waals surface area contributed by atoms with Crippen molar-refractivity contribution in [1.29, 1.82) is 0 Å². The van der Waals surface area contributed by atoms with Crippen molar-refractivity contribution >= 4 is 86.6 Å². The molecule has 11 amide bonds. The van der Waals surface area contributed by atoms with Crippen molar-refractivity contribution in [2.75, 3.05) is 31.1 Å². The van der Waals surface area contributed by atoms with Crippen LogP contribution in [0.2, 0.25) is 0 Å². The smallest absolute Gasteiger partial charge is 0.246 e. The molecule has 0 saturated carbocycles. The Kier molecular flexibility index (Phi) is 28.6. The van der Waals surface area contributed by atoms with Crippen molar-refractivity contribution in [2.24, 2.45) is 34.3 Å². The summed E-state index contributed by atoms with van der Waals surface area (Å²) in [6, 6.07) is -4.55. The van der Waals surface area contributed by atoms with Crippen LogP contribution < -0.4 is 60.2 Å². The maximum atomic E-state index is 14.5. The van der Waals surface area contributed by atoms with Gasteiger partial charge in [-0.1, -0.05) is 80.9 Å². The molecule has 1 aliphatic heterocycles. The predicted octanol–water partition coefficient (Wildman–Crippen LogP) is -4.19. The minimum atomic E-state index is -1.83. The van der Waals surface area contributed by atoms with Crippen LogP contribution in [0.4, 0.5) is 0 Å². The fourth-order valence-electron chi connectivity index (χ4n) is 6.81. The number of carbonyl (C=O) groups excluding carboxylic acids is 11. The van der Waals surface area contributed by atoms with Gasteiger partial charge in [-0.15, -0.1) is 0 Å². The van der Waals surface area contributed by atoms with Gasteiger partial charge in [0, 0.05) is 68.6 Å². The third-order valence-electron chi connectivity index (χ3n) is 10.7. The van der Waals surface area contributed by atoms with Gasteiger partial charge in [-0.3, -0.25) is 52.7 Å². The van der Waals surface area contributed by atoms with Gasteiger partial charge in [0.05, 0.1) is 25.6 Å². The Balaban J connectivity index is 0.0000259. The molecule has 0 bridgehead atoms. The third kappa shape index (κ3) is 24.2. The second kappa shape index (κ2) is 31.6. The predicted molar refractivity (Wildman–Crippen MR) is 262 cm³/mol. The van der Waals surface area contributed by atoms with E-state index in [1.54, 1.807) is 34.6 Å². The summed E-state index contributed by atoms with van der Waals surface area (Å²) in [4.78, 5) is 148. The number of phenolic OH excluding ortho intramolecular Hbond substituents is 1. The minimum Gasteiger partial charge on any atom is -0.508 e. The standard InChI is InChI=1S/C44H69N12O13S2.Ho/c1-7-22(2)36-42(68)51-27(12-13-32(46)59)39(65)53-29(15-33(47)60)40(66)54-31(21-71-70-20-26(45)37(63)52-28(41(67)55-36)14-24-8-10-25(58)11-9-24)43(69)56(18-23(3)57)19-35(62)50-30(16-44(4,5)6)38(64)49-17-34(48)61;/h8-11,22-23,26-31,36,57-58H,3,7,12-21,45H2,1-2,4-6H3,(H2,46,59)(H2,47,60)(H2,48,61)(H,49,64)(H,50,62)(H,51,68)(H,52,63)(H,53,65)(H,54,66)(H,55,67);/q-1;/t22-,23-,26-,27-,28-,29-,30-,31-,36-;/m0./s1. The van der Waals surface area contributed by atoms with Crippen LogP contribution in [0.15, 0.2) is 24.3 Å². The largest absolute Gasteiger partial charge is 0.508 e. The zero-order valence-electron chi connectivity index (χ0n) is 40.8. The maximum Gasteiger partial charge on any atom is 0.246 e. The van der Waals surface area contributed by atoms with Crippen LogP contribution in [0.1, 0.15) is 72.3 Å². The van der Waals surface area contributed by atoms with Gasteiger partial charge in [0.2, 0.25) is 65.0 Å². The number of aliphatic hydroxyl groups is 1. The van der Waals surface area contributed by atoms with Crippen molar-refractivity contribution in [2.45, 2.75) is 122 Å². The van der Waals surface area contributed by atoms with Crippen molar-refractivity contribution in [3.05, 3.63) is 36.8 Å². The molecule has 0 spiro atoms. The number of carbonyl (C=O) groups is 11. The van der Waals surface area contributed by atoms with E-state index in [1.165, 1.54) is 24.3 Å². The molecule has 1 fully saturated rings. The summed E-state index contributed by atoms with van der Waals surface area (Å²) >= 11 is 0. The number of aliphatic hydroxyl groups excluding tert-OH is 1. The topological polar surface area (TPSA) is 420 Å². The average Bonchev–Trinajstić information content (AvgIpc) is 3.27. The molecule has 0 unspecified atom stereocenters. The van der Waals surface area contributed by atoms with E-state index in [9.17, 15) is 63.0 Å². The molecule has 9 atom stereocenters. The Morgan fingerprint density at radius 1 is 0.819 bits per heavy atom. The first-order valence-corrected chi connectivity index (χ1v) is 25.1. The Labute approximate surface area is 455 Å². The second-order valence-electron chi connectivity index (χ2n) is 18.3. The van der Waals surface area contributed by atoms with E-state index < -0.39 is 164 Å². The molecule has 1 aliphatic rings. The van der Waals surface area contributed by atoms with Crippen LogP contribution >= 0.6 is 21.6 Å². The molecule has 407 valence electrons. The van der Waals surface area contributed by atoms with Crippen LogP contribution in [0.5, 0.6) is 5.75 Å². The monoisotopic (exact) mass is 1200 g/mol. The number of hydrogen-bond donors (Lipinski definition) is 13. The van der Waals surface area contributed by atoms with Gasteiger partial charge in [-0.25, -0.2) is 0 Å². The van der Waals surface area contributed by atoms with E-state index in [0.717, 1.165) is 26.5 Å². The Morgan fingerprint density at radius 2 is 1.39 bits per heavy atom. The summed E-state index contributed by atoms with van der Waals surface area (Å²) in [6.07, 6.45) is -3.01. The maximum absolute atomic E-state index is 14.5. The molecular weight excluding hydrogens is 1130 g/mol. The fraction of sp³-hybridized carbons (Fsp3) is 0.591. The third-order valence-corrected chi connectivity index (χ3v) is 13.1. The van der Waals surface area contributed by atoms with Crippen LogP contribution in [0.25, 0.3) is 0 Å². The van der Waals surface area contributed by atoms with E-state index in [0.29, 0.717) is 12.0 Å². The molecule has 17 N–H and O–H groups in total. The van der Waals surface area contributed by atoms with E-state index in [-0.39, 0.29) is 67.8 Å². The number of nitrogens with two attached hydrogens (primary N) is 4. The number of benzene rings is 1. The first-order chi connectivity index (χ1) is 33.1. The summed E-state index contributed by atoms with van der Waals surface area (Å²) in [5.74, 6) is -11.5. The number of primary amides is 3. The Morgan fingerprint density at radius 3 is 1.94 bits per heavy atom. The van der Waals surface area contributed by atoms with E-state index in [4.69, 9.17) is 22.9 Å². The van der Waals surface area contributed by atoms with Crippen molar-refractivity contribution < 1.29 is 101 Å². The quantitative estimate of drug-likeness (QED) is 0.0355. The molecule has 2 rings (SSSR count). The number of rotatable bonds is 19. The summed E-state index contributed by atoms with van der Waals surface area (Å²) in [6.45, 7) is 10.3. The van der Waals surface area contributed by atoms with Gasteiger partial charge in [-0.05, 0) is 41.9 Å². The molecule has 1 radical (unpaired) electrons.